The van der Waals surface area contributed by atoms with E-state index < -0.39 is 0 Å². The zero-order valence-electron chi connectivity index (χ0n) is 18.8. The second-order valence-electron chi connectivity index (χ2n) is 8.40. The highest BCUT2D eigenvalue weighted by Crippen LogP contribution is 2.62. The van der Waals surface area contributed by atoms with Gasteiger partial charge in [-0.25, -0.2) is 0 Å². The maximum absolute atomic E-state index is 2.61. The molecule has 144 valence electrons. The molecular weight excluding hydrogens is 288 g/mol. The monoisotopic (exact) mass is 336 g/mol. The molecular formula is C24H48. The molecule has 0 spiro atoms. The third kappa shape index (κ3) is 4.89. The Labute approximate surface area is 154 Å². The lowest BCUT2D eigenvalue weighted by atomic mass is 9.48. The van der Waals surface area contributed by atoms with Crippen molar-refractivity contribution in [1.29, 1.82) is 0 Å². The van der Waals surface area contributed by atoms with E-state index in [1.54, 1.807) is 5.57 Å². The third-order valence-electron chi connectivity index (χ3n) is 6.56. The molecule has 0 radical (unpaired) electrons. The quantitative estimate of drug-likeness (QED) is 0.450. The zero-order chi connectivity index (χ0) is 19.0. The fourth-order valence-corrected chi connectivity index (χ4v) is 6.10. The van der Waals surface area contributed by atoms with Crippen LogP contribution < -0.4 is 0 Å². The van der Waals surface area contributed by atoms with E-state index in [0.29, 0.717) is 10.8 Å². The predicted molar refractivity (Wildman–Crippen MR) is 113 cm³/mol. The summed E-state index contributed by atoms with van der Waals surface area (Å²) >= 11 is 0. The van der Waals surface area contributed by atoms with Crippen LogP contribution in [0.5, 0.6) is 0 Å². The highest BCUT2D eigenvalue weighted by Gasteiger charge is 2.51. The lowest BCUT2D eigenvalue weighted by molar-refractivity contribution is -0.0163. The average molecular weight is 337 g/mol. The lowest BCUT2D eigenvalue weighted by Gasteiger charge is -2.57. The molecule has 0 aliphatic heterocycles. The summed E-state index contributed by atoms with van der Waals surface area (Å²) in [5.74, 6) is 1.76. The molecule has 0 heterocycles. The summed E-state index contributed by atoms with van der Waals surface area (Å²) in [7, 11) is 0. The summed E-state index contributed by atoms with van der Waals surface area (Å²) in [5, 5.41) is 0. The zero-order valence-corrected chi connectivity index (χ0v) is 18.8. The number of hydrogen-bond acceptors (Lipinski definition) is 0. The fourth-order valence-electron chi connectivity index (χ4n) is 6.10. The van der Waals surface area contributed by atoms with Gasteiger partial charge in [0.05, 0.1) is 0 Å². The first kappa shape index (κ1) is 23.7. The first-order valence-electron chi connectivity index (χ1n) is 11.1. The van der Waals surface area contributed by atoms with Crippen molar-refractivity contribution >= 4 is 0 Å². The summed E-state index contributed by atoms with van der Waals surface area (Å²) in [4.78, 5) is 0. The van der Waals surface area contributed by atoms with Crippen molar-refractivity contribution in [3.63, 3.8) is 0 Å². The molecule has 2 rings (SSSR count). The second-order valence-corrected chi connectivity index (χ2v) is 8.40. The number of fused-ring (bicyclic) bond motifs is 1. The SMILES string of the molecule is CC.CC.CCC1=C(CC)C2(C)CCCC(C)(CC(C)C)C2CC1. The van der Waals surface area contributed by atoms with Gasteiger partial charge in [0.15, 0.2) is 0 Å². The van der Waals surface area contributed by atoms with Gasteiger partial charge in [-0.1, -0.05) is 86.8 Å². The Morgan fingerprint density at radius 3 is 2.00 bits per heavy atom. The fraction of sp³-hybridized carbons (Fsp3) is 0.917. The van der Waals surface area contributed by atoms with E-state index in [2.05, 4.69) is 41.5 Å². The van der Waals surface area contributed by atoms with E-state index in [9.17, 15) is 0 Å². The van der Waals surface area contributed by atoms with Gasteiger partial charge >= 0.3 is 0 Å². The maximum atomic E-state index is 2.61. The molecule has 0 aromatic heterocycles. The van der Waals surface area contributed by atoms with Crippen molar-refractivity contribution < 1.29 is 0 Å². The Bertz CT molecular complexity index is 375. The standard InChI is InChI=1S/C20H36.2C2H6/c1-7-16-10-11-18-19(5,14-15(3)4)12-9-13-20(18,6)17(16)8-2;2*1-2/h15,18H,7-14H2,1-6H3;2*1-2H3. The summed E-state index contributed by atoms with van der Waals surface area (Å²) in [5.41, 5.74) is 4.76. The minimum Gasteiger partial charge on any atom is -0.0707 e. The average Bonchev–Trinajstić information content (AvgIpc) is 2.56. The van der Waals surface area contributed by atoms with E-state index in [1.807, 2.05) is 33.3 Å². The van der Waals surface area contributed by atoms with Crippen LogP contribution in [0.25, 0.3) is 0 Å². The van der Waals surface area contributed by atoms with E-state index in [-0.39, 0.29) is 0 Å². The van der Waals surface area contributed by atoms with Gasteiger partial charge < -0.3 is 0 Å². The molecule has 2 aliphatic carbocycles. The van der Waals surface area contributed by atoms with Gasteiger partial charge in [-0.05, 0) is 67.6 Å². The van der Waals surface area contributed by atoms with Crippen LogP contribution in [0.2, 0.25) is 0 Å². The Kier molecular flexibility index (Phi) is 10.6. The molecule has 0 aromatic carbocycles. The highest BCUT2D eigenvalue weighted by molar-refractivity contribution is 5.28. The first-order valence-corrected chi connectivity index (χ1v) is 11.1. The van der Waals surface area contributed by atoms with Gasteiger partial charge in [0.25, 0.3) is 0 Å². The van der Waals surface area contributed by atoms with Crippen molar-refractivity contribution in [3.05, 3.63) is 11.1 Å². The molecule has 0 amide bonds. The third-order valence-corrected chi connectivity index (χ3v) is 6.56. The van der Waals surface area contributed by atoms with Gasteiger partial charge in [-0.15, -0.1) is 0 Å². The minimum atomic E-state index is 0.514. The molecule has 0 aromatic rings. The van der Waals surface area contributed by atoms with Crippen LogP contribution in [-0.4, -0.2) is 0 Å². The Morgan fingerprint density at radius 1 is 0.958 bits per heavy atom. The minimum absolute atomic E-state index is 0.514. The summed E-state index contributed by atoms with van der Waals surface area (Å²) in [6, 6.07) is 0. The Hall–Kier alpha value is -0.260. The molecule has 0 bridgehead atoms. The normalized spacial score (nSPS) is 32.4. The lowest BCUT2D eigenvalue weighted by Crippen LogP contribution is -2.47. The molecule has 3 atom stereocenters. The Morgan fingerprint density at radius 2 is 1.54 bits per heavy atom. The van der Waals surface area contributed by atoms with Crippen LogP contribution in [-0.2, 0) is 0 Å². The largest absolute Gasteiger partial charge is 0.0707 e. The molecule has 24 heavy (non-hydrogen) atoms. The predicted octanol–water partition coefficient (Wildman–Crippen LogP) is 8.81. The molecule has 0 saturated heterocycles. The molecule has 1 fully saturated rings. The van der Waals surface area contributed by atoms with Crippen LogP contribution in [0.15, 0.2) is 11.1 Å². The first-order chi connectivity index (χ1) is 11.4. The topological polar surface area (TPSA) is 0 Å². The molecule has 0 nitrogen and oxygen atoms in total. The molecule has 0 heteroatoms. The van der Waals surface area contributed by atoms with Crippen LogP contribution in [0, 0.1) is 22.7 Å². The van der Waals surface area contributed by atoms with Crippen LogP contribution in [0.4, 0.5) is 0 Å². The van der Waals surface area contributed by atoms with Gasteiger partial charge in [0, 0.05) is 0 Å². The van der Waals surface area contributed by atoms with Crippen molar-refractivity contribution in [2.75, 3.05) is 0 Å². The maximum Gasteiger partial charge on any atom is -0.00803 e. The van der Waals surface area contributed by atoms with Gasteiger partial charge in [0.1, 0.15) is 0 Å². The van der Waals surface area contributed by atoms with Crippen molar-refractivity contribution in [1.82, 2.24) is 0 Å². The smallest absolute Gasteiger partial charge is 0.00803 e. The van der Waals surface area contributed by atoms with Crippen LogP contribution in [0.3, 0.4) is 0 Å². The molecule has 2 aliphatic rings. The van der Waals surface area contributed by atoms with Gasteiger partial charge in [0.2, 0.25) is 0 Å². The number of allylic oxidation sites excluding steroid dienone is 2. The molecule has 3 unspecified atom stereocenters. The number of hydrogen-bond donors (Lipinski definition) is 0. The second kappa shape index (κ2) is 10.7. The summed E-state index contributed by atoms with van der Waals surface area (Å²) < 4.78 is 0. The number of rotatable bonds is 4. The van der Waals surface area contributed by atoms with Crippen molar-refractivity contribution in [2.45, 2.75) is 121 Å². The highest BCUT2D eigenvalue weighted by atomic mass is 14.6. The van der Waals surface area contributed by atoms with Gasteiger partial charge in [-0.3, -0.25) is 0 Å². The van der Waals surface area contributed by atoms with E-state index in [0.717, 1.165) is 11.8 Å². The van der Waals surface area contributed by atoms with Crippen LogP contribution in [0.1, 0.15) is 121 Å². The molecule has 0 N–H and O–H groups in total. The Balaban J connectivity index is 0.00000123. The van der Waals surface area contributed by atoms with Crippen LogP contribution >= 0.6 is 0 Å². The van der Waals surface area contributed by atoms with E-state index in [4.69, 9.17) is 0 Å². The summed E-state index contributed by atoms with van der Waals surface area (Å²) in [6.07, 6.45) is 11.2. The van der Waals surface area contributed by atoms with E-state index in [1.165, 1.54) is 51.4 Å². The van der Waals surface area contributed by atoms with Gasteiger partial charge in [-0.2, -0.15) is 0 Å². The molecule has 1 saturated carbocycles. The van der Waals surface area contributed by atoms with Crippen molar-refractivity contribution in [2.24, 2.45) is 22.7 Å². The summed E-state index contributed by atoms with van der Waals surface area (Å²) in [6.45, 7) is 22.8. The van der Waals surface area contributed by atoms with E-state index >= 15 is 0 Å². The van der Waals surface area contributed by atoms with Crippen molar-refractivity contribution in [3.8, 4) is 0 Å².